The summed E-state index contributed by atoms with van der Waals surface area (Å²) in [7, 11) is -2.52. The van der Waals surface area contributed by atoms with Crippen LogP contribution < -0.4 is 4.18 Å². The molecule has 3 aromatic carbocycles. The van der Waals surface area contributed by atoms with Gasteiger partial charge in [0, 0.05) is 26.3 Å². The number of amides is 1. The first-order chi connectivity index (χ1) is 15.9. The molecule has 0 heterocycles. The van der Waals surface area contributed by atoms with Gasteiger partial charge in [0.15, 0.2) is 0 Å². The first kappa shape index (κ1) is 24.2. The van der Waals surface area contributed by atoms with Crippen LogP contribution in [0, 0.1) is 5.82 Å². The molecule has 0 saturated heterocycles. The summed E-state index contributed by atoms with van der Waals surface area (Å²) in [6.07, 6.45) is 3.26. The minimum Gasteiger partial charge on any atom is -0.383 e. The van der Waals surface area contributed by atoms with Crippen LogP contribution in [-0.2, 0) is 26.2 Å². The van der Waals surface area contributed by atoms with Crippen LogP contribution in [0.1, 0.15) is 11.1 Å². The lowest BCUT2D eigenvalue weighted by molar-refractivity contribution is -0.127. The van der Waals surface area contributed by atoms with E-state index in [0.717, 1.165) is 35.4 Å². The van der Waals surface area contributed by atoms with Crippen molar-refractivity contribution in [1.29, 1.82) is 0 Å². The number of ether oxygens (including phenoxy) is 1. The van der Waals surface area contributed by atoms with Crippen LogP contribution in [0.25, 0.3) is 6.08 Å². The van der Waals surface area contributed by atoms with E-state index in [4.69, 9.17) is 8.92 Å². The summed E-state index contributed by atoms with van der Waals surface area (Å²) in [5.74, 6) is -0.596. The molecular weight excluding hydrogens is 445 g/mol. The Morgan fingerprint density at radius 3 is 2.27 bits per heavy atom. The van der Waals surface area contributed by atoms with Crippen LogP contribution in [0.15, 0.2) is 89.8 Å². The van der Waals surface area contributed by atoms with Gasteiger partial charge in [0.25, 0.3) is 0 Å². The average Bonchev–Trinajstić information content (AvgIpc) is 2.82. The van der Waals surface area contributed by atoms with Crippen LogP contribution in [0.2, 0.25) is 0 Å². The average molecular weight is 470 g/mol. The van der Waals surface area contributed by atoms with E-state index >= 15 is 0 Å². The van der Waals surface area contributed by atoms with Gasteiger partial charge in [-0.2, -0.15) is 8.42 Å². The molecule has 3 rings (SSSR count). The summed E-state index contributed by atoms with van der Waals surface area (Å²) in [6, 6.07) is 20.3. The van der Waals surface area contributed by atoms with Gasteiger partial charge < -0.3 is 13.8 Å². The second-order valence-electron chi connectivity index (χ2n) is 7.13. The molecule has 0 aliphatic rings. The second kappa shape index (κ2) is 11.4. The third-order valence-corrected chi connectivity index (χ3v) is 5.96. The van der Waals surface area contributed by atoms with E-state index in [1.807, 2.05) is 30.3 Å². The van der Waals surface area contributed by atoms with Crippen molar-refractivity contribution in [3.8, 4) is 5.75 Å². The Kier molecular flexibility index (Phi) is 8.34. The highest BCUT2D eigenvalue weighted by Gasteiger charge is 2.17. The van der Waals surface area contributed by atoms with Crippen molar-refractivity contribution in [3.05, 3.63) is 102 Å². The summed E-state index contributed by atoms with van der Waals surface area (Å²) in [4.78, 5) is 14.2. The lowest BCUT2D eigenvalue weighted by Crippen LogP contribution is -2.32. The third-order valence-electron chi connectivity index (χ3n) is 4.70. The monoisotopic (exact) mass is 469 g/mol. The lowest BCUT2D eigenvalue weighted by Gasteiger charge is -2.21. The molecule has 0 spiro atoms. The number of halogens is 1. The minimum atomic E-state index is -4.08. The van der Waals surface area contributed by atoms with E-state index in [-0.39, 0.29) is 16.6 Å². The van der Waals surface area contributed by atoms with Gasteiger partial charge >= 0.3 is 10.1 Å². The molecule has 0 aliphatic carbocycles. The Bertz CT molecular complexity index is 1180. The van der Waals surface area contributed by atoms with E-state index in [2.05, 4.69) is 0 Å². The Morgan fingerprint density at radius 1 is 0.970 bits per heavy atom. The Hall–Kier alpha value is -3.49. The third kappa shape index (κ3) is 7.27. The first-order valence-corrected chi connectivity index (χ1v) is 11.6. The lowest BCUT2D eigenvalue weighted by atomic mass is 10.2. The number of nitrogens with zero attached hydrogens (tertiary/aromatic N) is 1. The van der Waals surface area contributed by atoms with Crippen molar-refractivity contribution in [3.63, 3.8) is 0 Å². The Balaban J connectivity index is 1.67. The number of rotatable bonds is 10. The molecule has 3 aromatic rings. The number of methoxy groups -OCH3 is 1. The van der Waals surface area contributed by atoms with Crippen molar-refractivity contribution in [2.75, 3.05) is 20.3 Å². The molecule has 0 atom stereocenters. The summed E-state index contributed by atoms with van der Waals surface area (Å²) in [5, 5.41) is 0. The fraction of sp³-hybridized carbons (Fsp3) is 0.160. The fourth-order valence-electron chi connectivity index (χ4n) is 2.95. The standard InChI is InChI=1S/C25H24FNO5S/c1-31-18-17-27(25(28)16-9-20-5-3-2-4-6-20)19-21-7-12-23(13-8-21)32-33(29,30)24-14-10-22(26)11-15-24/h2-16H,17-19H2,1H3. The largest absolute Gasteiger partial charge is 0.383 e. The van der Waals surface area contributed by atoms with Gasteiger partial charge in [-0.25, -0.2) is 4.39 Å². The smallest absolute Gasteiger partial charge is 0.339 e. The van der Waals surface area contributed by atoms with Crippen LogP contribution in [-0.4, -0.2) is 39.5 Å². The topological polar surface area (TPSA) is 72.9 Å². The molecule has 0 aromatic heterocycles. The van der Waals surface area contributed by atoms with Crippen molar-refractivity contribution >= 4 is 22.1 Å². The number of carbonyl (C=O) groups is 1. The van der Waals surface area contributed by atoms with Gasteiger partial charge in [0.05, 0.1) is 6.61 Å². The van der Waals surface area contributed by atoms with E-state index in [0.29, 0.717) is 19.7 Å². The fourth-order valence-corrected chi connectivity index (χ4v) is 3.88. The molecule has 1 amide bonds. The molecule has 33 heavy (non-hydrogen) atoms. The summed E-state index contributed by atoms with van der Waals surface area (Å²) in [6.45, 7) is 1.08. The number of benzene rings is 3. The van der Waals surface area contributed by atoms with Crippen molar-refractivity contribution < 1.29 is 26.5 Å². The number of carbonyl (C=O) groups excluding carboxylic acids is 1. The molecule has 0 radical (unpaired) electrons. The predicted molar refractivity (Wildman–Crippen MR) is 123 cm³/mol. The maximum absolute atomic E-state index is 13.0. The van der Waals surface area contributed by atoms with Crippen molar-refractivity contribution in [2.45, 2.75) is 11.4 Å². The normalized spacial score (nSPS) is 11.5. The zero-order valence-electron chi connectivity index (χ0n) is 18.1. The molecule has 8 heteroatoms. The van der Waals surface area contributed by atoms with Gasteiger partial charge in [-0.3, -0.25) is 4.79 Å². The van der Waals surface area contributed by atoms with E-state index in [1.54, 1.807) is 30.2 Å². The highest BCUT2D eigenvalue weighted by molar-refractivity contribution is 7.87. The number of hydrogen-bond acceptors (Lipinski definition) is 5. The van der Waals surface area contributed by atoms with Gasteiger partial charge in [0.2, 0.25) is 5.91 Å². The van der Waals surface area contributed by atoms with Gasteiger partial charge in [-0.15, -0.1) is 0 Å². The van der Waals surface area contributed by atoms with Crippen LogP contribution >= 0.6 is 0 Å². The maximum Gasteiger partial charge on any atom is 0.339 e. The summed E-state index contributed by atoms with van der Waals surface area (Å²) in [5.41, 5.74) is 1.71. The van der Waals surface area contributed by atoms with E-state index in [1.165, 1.54) is 18.2 Å². The molecule has 0 unspecified atom stereocenters. The second-order valence-corrected chi connectivity index (χ2v) is 8.68. The summed E-state index contributed by atoms with van der Waals surface area (Å²) >= 11 is 0. The molecule has 6 nitrogen and oxygen atoms in total. The van der Waals surface area contributed by atoms with Crippen LogP contribution in [0.4, 0.5) is 4.39 Å². The minimum absolute atomic E-state index is 0.113. The quantitative estimate of drug-likeness (QED) is 0.327. The van der Waals surface area contributed by atoms with E-state index < -0.39 is 15.9 Å². The molecular formula is C25H24FNO5S. The van der Waals surface area contributed by atoms with Gasteiger partial charge in [0.1, 0.15) is 16.5 Å². The van der Waals surface area contributed by atoms with Crippen LogP contribution in [0.5, 0.6) is 5.75 Å². The number of hydrogen-bond donors (Lipinski definition) is 0. The first-order valence-electron chi connectivity index (χ1n) is 10.2. The van der Waals surface area contributed by atoms with Crippen molar-refractivity contribution in [1.82, 2.24) is 4.90 Å². The highest BCUT2D eigenvalue weighted by atomic mass is 32.2. The molecule has 0 bridgehead atoms. The molecule has 172 valence electrons. The molecule has 0 fully saturated rings. The highest BCUT2D eigenvalue weighted by Crippen LogP contribution is 2.20. The predicted octanol–water partition coefficient (Wildman–Crippen LogP) is 4.28. The van der Waals surface area contributed by atoms with Crippen molar-refractivity contribution in [2.24, 2.45) is 0 Å². The molecule has 0 N–H and O–H groups in total. The molecule has 0 saturated carbocycles. The zero-order valence-corrected chi connectivity index (χ0v) is 18.9. The Labute approximate surface area is 193 Å². The van der Waals surface area contributed by atoms with Gasteiger partial charge in [-0.05, 0) is 53.6 Å². The molecule has 0 aliphatic heterocycles. The van der Waals surface area contributed by atoms with Crippen LogP contribution in [0.3, 0.4) is 0 Å². The van der Waals surface area contributed by atoms with E-state index in [9.17, 15) is 17.6 Å². The zero-order chi connectivity index (χ0) is 23.7. The Morgan fingerprint density at radius 2 is 1.64 bits per heavy atom. The SMILES string of the molecule is COCCN(Cc1ccc(OS(=O)(=O)c2ccc(F)cc2)cc1)C(=O)C=Cc1ccccc1. The summed E-state index contributed by atoms with van der Waals surface area (Å²) < 4.78 is 48.0. The maximum atomic E-state index is 13.0. The van der Waals surface area contributed by atoms with Gasteiger partial charge in [-0.1, -0.05) is 42.5 Å².